The van der Waals surface area contributed by atoms with E-state index in [9.17, 15) is 19.5 Å². The Labute approximate surface area is 198 Å². The van der Waals surface area contributed by atoms with Crippen LogP contribution in [-0.4, -0.2) is 70.1 Å². The molecule has 1 aromatic carbocycles. The van der Waals surface area contributed by atoms with Crippen molar-refractivity contribution in [2.24, 2.45) is 17.8 Å². The summed E-state index contributed by atoms with van der Waals surface area (Å²) in [5, 5.41) is 15.9. The fraction of sp³-hybridized carbons (Fsp3) is 0.625. The zero-order valence-corrected chi connectivity index (χ0v) is 20.4. The Balaban J connectivity index is 1.70. The van der Waals surface area contributed by atoms with Crippen LogP contribution in [0.4, 0.5) is 5.69 Å². The molecule has 0 aliphatic carbocycles. The first-order valence-corrected chi connectivity index (χ1v) is 12.5. The summed E-state index contributed by atoms with van der Waals surface area (Å²) in [4.78, 5) is 42.2. The molecule has 0 radical (unpaired) electrons. The van der Waals surface area contributed by atoms with Gasteiger partial charge in [0.05, 0.1) is 36.3 Å². The molecule has 9 heteroatoms. The molecule has 8 nitrogen and oxygen atoms in total. The van der Waals surface area contributed by atoms with Gasteiger partial charge in [-0.05, 0) is 49.9 Å². The van der Waals surface area contributed by atoms with Crippen LogP contribution in [-0.2, 0) is 14.4 Å². The molecule has 3 saturated heterocycles. The van der Waals surface area contributed by atoms with E-state index in [1.165, 1.54) is 4.90 Å². The molecule has 3 fully saturated rings. The number of hydrogen-bond acceptors (Lipinski definition) is 6. The highest BCUT2D eigenvalue weighted by Crippen LogP contribution is 2.68. The van der Waals surface area contributed by atoms with Gasteiger partial charge in [0.2, 0.25) is 17.7 Å². The Bertz CT molecular complexity index is 925. The number of amides is 3. The smallest absolute Gasteiger partial charge is 0.248 e. The molecule has 4 rings (SSSR count). The van der Waals surface area contributed by atoms with Gasteiger partial charge in [-0.3, -0.25) is 14.4 Å². The lowest BCUT2D eigenvalue weighted by molar-refractivity contribution is -0.141. The van der Waals surface area contributed by atoms with Gasteiger partial charge in [0.15, 0.2) is 0 Å². The third-order valence-electron chi connectivity index (χ3n) is 7.38. The minimum absolute atomic E-state index is 0.00803. The van der Waals surface area contributed by atoms with E-state index < -0.39 is 28.7 Å². The highest BCUT2D eigenvalue weighted by atomic mass is 32.2. The lowest BCUT2D eigenvalue weighted by Gasteiger charge is -2.39. The van der Waals surface area contributed by atoms with Crippen molar-refractivity contribution < 1.29 is 24.2 Å². The highest BCUT2D eigenvalue weighted by Gasteiger charge is 2.76. The van der Waals surface area contributed by atoms with Crippen molar-refractivity contribution >= 4 is 35.2 Å². The fourth-order valence-corrected chi connectivity index (χ4v) is 8.28. The molecule has 3 unspecified atom stereocenters. The van der Waals surface area contributed by atoms with E-state index in [1.807, 2.05) is 6.92 Å². The monoisotopic (exact) mass is 475 g/mol. The molecular weight excluding hydrogens is 442 g/mol. The molecule has 3 aliphatic heterocycles. The maximum atomic E-state index is 13.8. The highest BCUT2D eigenvalue weighted by molar-refractivity contribution is 8.02. The first-order valence-electron chi connectivity index (χ1n) is 11.6. The minimum atomic E-state index is -0.770. The van der Waals surface area contributed by atoms with Crippen molar-refractivity contribution in [3.8, 4) is 5.75 Å². The van der Waals surface area contributed by atoms with Crippen molar-refractivity contribution in [2.75, 3.05) is 25.6 Å². The molecule has 180 valence electrons. The topological polar surface area (TPSA) is 108 Å². The average molecular weight is 476 g/mol. The van der Waals surface area contributed by atoms with Gasteiger partial charge in [0.1, 0.15) is 11.8 Å². The lowest BCUT2D eigenvalue weighted by atomic mass is 9.66. The Hall–Kier alpha value is -2.26. The van der Waals surface area contributed by atoms with Crippen LogP contribution in [0.15, 0.2) is 24.3 Å². The molecule has 3 aliphatic rings. The molecular formula is C24H33N3O5S. The SMILES string of the molecule is CCCNC(=O)[C@@H]1[C@H]2C(=O)N([C@H](C)CO)C(C(=O)Nc3ccc(OC)cc3)C23S[C@@H]1CC3C. The van der Waals surface area contributed by atoms with E-state index in [0.29, 0.717) is 18.0 Å². The number of carbonyl (C=O) groups is 3. The number of benzene rings is 1. The number of ether oxygens (including phenoxy) is 1. The van der Waals surface area contributed by atoms with Crippen molar-refractivity contribution in [3.63, 3.8) is 0 Å². The number of nitrogens with one attached hydrogen (secondary N) is 2. The van der Waals surface area contributed by atoms with Crippen molar-refractivity contribution in [2.45, 2.75) is 55.7 Å². The van der Waals surface area contributed by atoms with Crippen LogP contribution in [0.1, 0.15) is 33.6 Å². The number of rotatable bonds is 8. The van der Waals surface area contributed by atoms with E-state index in [4.69, 9.17) is 4.74 Å². The molecule has 7 atom stereocenters. The quantitative estimate of drug-likeness (QED) is 0.530. The molecule has 1 spiro atoms. The molecule has 33 heavy (non-hydrogen) atoms. The molecule has 2 bridgehead atoms. The van der Waals surface area contributed by atoms with E-state index in [0.717, 1.165) is 12.8 Å². The maximum absolute atomic E-state index is 13.8. The molecule has 3 heterocycles. The summed E-state index contributed by atoms with van der Waals surface area (Å²) in [7, 11) is 1.58. The number of aliphatic hydroxyl groups excluding tert-OH is 1. The zero-order valence-electron chi connectivity index (χ0n) is 19.5. The Kier molecular flexibility index (Phi) is 6.64. The Morgan fingerprint density at radius 1 is 1.30 bits per heavy atom. The number of thioether (sulfide) groups is 1. The lowest BCUT2D eigenvalue weighted by Crippen LogP contribution is -2.56. The fourth-order valence-electron chi connectivity index (χ4n) is 5.87. The molecule has 3 N–H and O–H groups in total. The van der Waals surface area contributed by atoms with Crippen LogP contribution >= 0.6 is 11.8 Å². The number of anilines is 1. The van der Waals surface area contributed by atoms with Crippen LogP contribution < -0.4 is 15.4 Å². The number of aliphatic hydroxyl groups is 1. The normalized spacial score (nSPS) is 33.1. The van der Waals surface area contributed by atoms with Crippen LogP contribution in [0.3, 0.4) is 0 Å². The third kappa shape index (κ3) is 3.69. The Morgan fingerprint density at radius 2 is 2.00 bits per heavy atom. The summed E-state index contributed by atoms with van der Waals surface area (Å²) in [6, 6.07) is 5.73. The number of likely N-dealkylation sites (tertiary alicyclic amines) is 1. The number of fused-ring (bicyclic) bond motifs is 1. The summed E-state index contributed by atoms with van der Waals surface area (Å²) < 4.78 is 4.49. The van der Waals surface area contributed by atoms with E-state index in [1.54, 1.807) is 50.1 Å². The summed E-state index contributed by atoms with van der Waals surface area (Å²) in [5.74, 6) is -0.868. The van der Waals surface area contributed by atoms with Crippen LogP contribution in [0.5, 0.6) is 5.75 Å². The number of methoxy groups -OCH3 is 1. The Morgan fingerprint density at radius 3 is 2.61 bits per heavy atom. The second-order valence-electron chi connectivity index (χ2n) is 9.34. The van der Waals surface area contributed by atoms with Crippen molar-refractivity contribution in [1.29, 1.82) is 0 Å². The van der Waals surface area contributed by atoms with E-state index in [2.05, 4.69) is 17.6 Å². The number of carbonyl (C=O) groups excluding carboxylic acids is 3. The number of hydrogen-bond donors (Lipinski definition) is 3. The second kappa shape index (κ2) is 9.18. The first-order chi connectivity index (χ1) is 15.8. The summed E-state index contributed by atoms with van der Waals surface area (Å²) in [5.41, 5.74) is 0.604. The largest absolute Gasteiger partial charge is 0.497 e. The van der Waals surface area contributed by atoms with Crippen molar-refractivity contribution in [1.82, 2.24) is 10.2 Å². The predicted molar refractivity (Wildman–Crippen MR) is 127 cm³/mol. The summed E-state index contributed by atoms with van der Waals surface area (Å²) in [6.07, 6.45) is 1.60. The average Bonchev–Trinajstić information content (AvgIpc) is 3.41. The van der Waals surface area contributed by atoms with Gasteiger partial charge >= 0.3 is 0 Å². The van der Waals surface area contributed by atoms with Crippen LogP contribution in [0.2, 0.25) is 0 Å². The van der Waals surface area contributed by atoms with Gasteiger partial charge in [-0.1, -0.05) is 13.8 Å². The molecule has 3 amide bonds. The van der Waals surface area contributed by atoms with Crippen LogP contribution in [0.25, 0.3) is 0 Å². The van der Waals surface area contributed by atoms with Crippen LogP contribution in [0, 0.1) is 17.8 Å². The second-order valence-corrected chi connectivity index (χ2v) is 10.9. The van der Waals surface area contributed by atoms with Gasteiger partial charge in [-0.15, -0.1) is 11.8 Å². The zero-order chi connectivity index (χ0) is 23.9. The third-order valence-corrected chi connectivity index (χ3v) is 9.46. The summed E-state index contributed by atoms with van der Waals surface area (Å²) >= 11 is 1.63. The summed E-state index contributed by atoms with van der Waals surface area (Å²) in [6.45, 7) is 6.13. The van der Waals surface area contributed by atoms with E-state index in [-0.39, 0.29) is 35.5 Å². The van der Waals surface area contributed by atoms with Crippen molar-refractivity contribution in [3.05, 3.63) is 24.3 Å². The maximum Gasteiger partial charge on any atom is 0.248 e. The number of nitrogens with zero attached hydrogens (tertiary/aromatic N) is 1. The molecule has 0 aromatic heterocycles. The predicted octanol–water partition coefficient (Wildman–Crippen LogP) is 1.88. The molecule has 0 saturated carbocycles. The van der Waals surface area contributed by atoms with Gasteiger partial charge in [0.25, 0.3) is 0 Å². The van der Waals surface area contributed by atoms with E-state index >= 15 is 0 Å². The van der Waals surface area contributed by atoms with Gasteiger partial charge < -0.3 is 25.4 Å². The van der Waals surface area contributed by atoms with Gasteiger partial charge in [-0.2, -0.15) is 0 Å². The molecule has 1 aromatic rings. The standard InChI is InChI=1S/C24H33N3O5S/c1-5-10-25-21(29)18-17-11-13(2)24(33-17)19(18)23(31)27(14(3)12-28)20(24)22(30)26-15-6-8-16(32-4)9-7-15/h6-9,13-14,17-20,28H,5,10-12H2,1-4H3,(H,25,29)(H,26,30)/t13?,14-,17-,18+,19+,20?,24?/m1/s1. The van der Waals surface area contributed by atoms with Gasteiger partial charge in [0, 0.05) is 17.5 Å². The first kappa shape index (κ1) is 23.9. The van der Waals surface area contributed by atoms with Gasteiger partial charge in [-0.25, -0.2) is 0 Å². The minimum Gasteiger partial charge on any atom is -0.497 e.